The molecule has 2 saturated heterocycles. The van der Waals surface area contributed by atoms with Gasteiger partial charge >= 0.3 is 0 Å². The number of nitrogens with one attached hydrogen (secondary N) is 1. The van der Waals surface area contributed by atoms with Crippen LogP contribution in [-0.2, 0) is 17.8 Å². The molecule has 2 aliphatic heterocycles. The molecule has 8 nitrogen and oxygen atoms in total. The van der Waals surface area contributed by atoms with E-state index >= 15 is 0 Å². The lowest BCUT2D eigenvalue weighted by Crippen LogP contribution is -2.50. The van der Waals surface area contributed by atoms with Crippen LogP contribution in [0.2, 0.25) is 0 Å². The van der Waals surface area contributed by atoms with Crippen molar-refractivity contribution in [1.29, 1.82) is 0 Å². The van der Waals surface area contributed by atoms with E-state index in [2.05, 4.69) is 49.2 Å². The molecule has 2 aliphatic carbocycles. The normalized spacial score (nSPS) is 26.8. The summed E-state index contributed by atoms with van der Waals surface area (Å²) in [4.78, 5) is 33.4. The molecule has 4 atom stereocenters. The number of benzene rings is 1. The largest absolute Gasteiger partial charge is 0.368 e. The molecule has 0 spiro atoms. The number of hydrogen-bond acceptors (Lipinski definition) is 5. The highest BCUT2D eigenvalue weighted by Crippen LogP contribution is 2.62. The van der Waals surface area contributed by atoms with Crippen LogP contribution in [0.3, 0.4) is 0 Å². The van der Waals surface area contributed by atoms with Crippen LogP contribution in [0.15, 0.2) is 18.2 Å². The van der Waals surface area contributed by atoms with Crippen molar-refractivity contribution < 1.29 is 9.59 Å². The number of piperazine rings is 1. The number of likely N-dealkylation sites (tertiary alicyclic amines) is 1. The van der Waals surface area contributed by atoms with Gasteiger partial charge in [-0.2, -0.15) is 5.10 Å². The summed E-state index contributed by atoms with van der Waals surface area (Å²) in [5.74, 6) is 1.80. The van der Waals surface area contributed by atoms with E-state index in [1.807, 2.05) is 21.5 Å². The topological polar surface area (TPSA) is 73.7 Å². The minimum atomic E-state index is 0.0456. The summed E-state index contributed by atoms with van der Waals surface area (Å²) in [5.41, 5.74) is 6.76. The van der Waals surface area contributed by atoms with Gasteiger partial charge in [0.15, 0.2) is 5.69 Å². The molecule has 1 unspecified atom stereocenters. The van der Waals surface area contributed by atoms with Crippen molar-refractivity contribution in [2.45, 2.75) is 58.5 Å². The van der Waals surface area contributed by atoms with Crippen LogP contribution in [0.1, 0.15) is 58.6 Å². The summed E-state index contributed by atoms with van der Waals surface area (Å²) in [6.07, 6.45) is 3.04. The van der Waals surface area contributed by atoms with Crippen molar-refractivity contribution >= 4 is 17.5 Å². The van der Waals surface area contributed by atoms with E-state index < -0.39 is 0 Å². The van der Waals surface area contributed by atoms with E-state index in [1.165, 1.54) is 16.8 Å². The highest BCUT2D eigenvalue weighted by Gasteiger charge is 2.56. The first-order chi connectivity index (χ1) is 17.9. The second-order valence-corrected chi connectivity index (χ2v) is 11.6. The van der Waals surface area contributed by atoms with Crippen molar-refractivity contribution in [1.82, 2.24) is 24.9 Å². The Bertz CT molecular complexity index is 1210. The van der Waals surface area contributed by atoms with Gasteiger partial charge in [0.25, 0.3) is 5.91 Å². The molecule has 198 valence electrons. The molecule has 1 N–H and O–H groups in total. The molecule has 3 heterocycles. The summed E-state index contributed by atoms with van der Waals surface area (Å²) >= 11 is 0. The molecule has 2 aromatic rings. The molecule has 4 aliphatic rings. The van der Waals surface area contributed by atoms with E-state index in [9.17, 15) is 9.59 Å². The number of rotatable bonds is 5. The molecule has 1 saturated carbocycles. The lowest BCUT2D eigenvalue weighted by Gasteiger charge is -2.37. The molecule has 6 rings (SSSR count). The number of likely N-dealkylation sites (N-methyl/N-ethyl adjacent to an activating group) is 1. The zero-order valence-corrected chi connectivity index (χ0v) is 22.7. The average Bonchev–Trinajstić information content (AvgIpc) is 3.23. The summed E-state index contributed by atoms with van der Waals surface area (Å²) < 4.78 is 1.88. The SMILES string of the molecule is CN[C@H]1CCCN(C(=O)c2nn(CC(=O)N3CCN(c4cccc(C)c4C)CC3)c3c2C2[C@@H](C3)[C@H]2C)C1. The van der Waals surface area contributed by atoms with Crippen LogP contribution in [0.5, 0.6) is 0 Å². The number of carbonyl (C=O) groups excluding carboxylic acids is 2. The van der Waals surface area contributed by atoms with Crippen LogP contribution in [0.4, 0.5) is 5.69 Å². The van der Waals surface area contributed by atoms with Gasteiger partial charge in [-0.15, -0.1) is 0 Å². The number of anilines is 1. The third kappa shape index (κ3) is 4.23. The molecule has 1 aromatic heterocycles. The molecule has 2 amide bonds. The minimum absolute atomic E-state index is 0.0456. The van der Waals surface area contributed by atoms with Crippen molar-refractivity contribution in [3.05, 3.63) is 46.3 Å². The lowest BCUT2D eigenvalue weighted by atomic mass is 10.0. The monoisotopic (exact) mass is 504 g/mol. The van der Waals surface area contributed by atoms with Gasteiger partial charge in [-0.1, -0.05) is 19.1 Å². The van der Waals surface area contributed by atoms with Crippen LogP contribution in [0.25, 0.3) is 0 Å². The molecule has 1 aromatic carbocycles. The Kier molecular flexibility index (Phi) is 6.25. The van der Waals surface area contributed by atoms with Gasteiger partial charge in [0, 0.05) is 62.3 Å². The number of hydrogen-bond donors (Lipinski definition) is 1. The molecular formula is C29H40N6O2. The van der Waals surface area contributed by atoms with Crippen LogP contribution >= 0.6 is 0 Å². The van der Waals surface area contributed by atoms with E-state index in [-0.39, 0.29) is 18.4 Å². The van der Waals surface area contributed by atoms with Crippen LogP contribution in [-0.4, -0.2) is 83.8 Å². The van der Waals surface area contributed by atoms with Crippen molar-refractivity contribution in [3.8, 4) is 0 Å². The van der Waals surface area contributed by atoms with Crippen LogP contribution in [0, 0.1) is 25.7 Å². The molecule has 3 fully saturated rings. The number of aromatic nitrogens is 2. The predicted molar refractivity (Wildman–Crippen MR) is 144 cm³/mol. The number of aryl methyl sites for hydroxylation is 1. The number of nitrogens with zero attached hydrogens (tertiary/aromatic N) is 5. The fourth-order valence-electron chi connectivity index (χ4n) is 6.97. The summed E-state index contributed by atoms with van der Waals surface area (Å²) in [6, 6.07) is 6.78. The Labute approximate surface area is 220 Å². The smallest absolute Gasteiger partial charge is 0.274 e. The first-order valence-corrected chi connectivity index (χ1v) is 14.0. The van der Waals surface area contributed by atoms with Gasteiger partial charge < -0.3 is 20.0 Å². The second-order valence-electron chi connectivity index (χ2n) is 11.6. The highest BCUT2D eigenvalue weighted by molar-refractivity contribution is 5.95. The summed E-state index contributed by atoms with van der Waals surface area (Å²) in [6.45, 7) is 11.4. The van der Waals surface area contributed by atoms with Gasteiger partial charge in [0.1, 0.15) is 6.54 Å². The second kappa shape index (κ2) is 9.46. The fourth-order valence-corrected chi connectivity index (χ4v) is 6.97. The lowest BCUT2D eigenvalue weighted by molar-refractivity contribution is -0.132. The van der Waals surface area contributed by atoms with Gasteiger partial charge in [-0.05, 0) is 75.1 Å². The number of amides is 2. The van der Waals surface area contributed by atoms with E-state index in [4.69, 9.17) is 5.10 Å². The highest BCUT2D eigenvalue weighted by atomic mass is 16.2. The standard InChI is InChI=1S/C29H40N6O2/c1-18-7-5-9-23(19(18)2)32-11-13-33(14-12-32)25(36)17-35-24-15-22-20(3)26(22)27(24)28(31-35)29(37)34-10-6-8-21(16-34)30-4/h5,7,9,20-22,26,30H,6,8,10-17H2,1-4H3/t20-,21+,22+,26?/m1/s1. The zero-order chi connectivity index (χ0) is 25.8. The maximum Gasteiger partial charge on any atom is 0.274 e. The third-order valence-electron chi connectivity index (χ3n) is 9.58. The Morgan fingerprint density at radius 3 is 2.62 bits per heavy atom. The molecule has 0 bridgehead atoms. The average molecular weight is 505 g/mol. The molecule has 8 heteroatoms. The fraction of sp³-hybridized carbons (Fsp3) is 0.621. The molecular weight excluding hydrogens is 464 g/mol. The van der Waals surface area contributed by atoms with Crippen molar-refractivity contribution in [2.24, 2.45) is 11.8 Å². The summed E-state index contributed by atoms with van der Waals surface area (Å²) in [7, 11) is 1.97. The van der Waals surface area contributed by atoms with Gasteiger partial charge in [0.05, 0.1) is 0 Å². The quantitative estimate of drug-likeness (QED) is 0.678. The van der Waals surface area contributed by atoms with Crippen LogP contribution < -0.4 is 10.2 Å². The van der Waals surface area contributed by atoms with Gasteiger partial charge in [-0.25, -0.2) is 0 Å². The zero-order valence-electron chi connectivity index (χ0n) is 22.7. The first kappa shape index (κ1) is 24.5. The van der Waals surface area contributed by atoms with E-state index in [0.29, 0.717) is 42.6 Å². The Morgan fingerprint density at radius 1 is 1.08 bits per heavy atom. The minimum Gasteiger partial charge on any atom is -0.368 e. The van der Waals surface area contributed by atoms with Crippen molar-refractivity contribution in [3.63, 3.8) is 0 Å². The number of fused-ring (bicyclic) bond motifs is 3. The predicted octanol–water partition coefficient (Wildman–Crippen LogP) is 2.58. The maximum absolute atomic E-state index is 13.6. The van der Waals surface area contributed by atoms with Crippen molar-refractivity contribution in [2.75, 3.05) is 51.2 Å². The first-order valence-electron chi connectivity index (χ1n) is 14.0. The maximum atomic E-state index is 13.6. The third-order valence-corrected chi connectivity index (χ3v) is 9.58. The Hall–Kier alpha value is -2.87. The summed E-state index contributed by atoms with van der Waals surface area (Å²) in [5, 5.41) is 8.17. The van der Waals surface area contributed by atoms with E-state index in [0.717, 1.165) is 56.7 Å². The van der Waals surface area contributed by atoms with Gasteiger partial charge in [-0.3, -0.25) is 14.3 Å². The van der Waals surface area contributed by atoms with E-state index in [1.54, 1.807) is 0 Å². The van der Waals surface area contributed by atoms with Gasteiger partial charge in [0.2, 0.25) is 5.91 Å². The number of piperidine rings is 1. The number of carbonyl (C=O) groups is 2. The Balaban J connectivity index is 1.16. The molecule has 0 radical (unpaired) electrons. The molecule has 37 heavy (non-hydrogen) atoms. The Morgan fingerprint density at radius 2 is 1.86 bits per heavy atom.